The van der Waals surface area contributed by atoms with Gasteiger partial charge in [-0.3, -0.25) is 4.79 Å². The Kier molecular flexibility index (Phi) is 3.96. The van der Waals surface area contributed by atoms with Gasteiger partial charge < -0.3 is 9.88 Å². The summed E-state index contributed by atoms with van der Waals surface area (Å²) in [7, 11) is 1.90. The molecule has 1 aromatic heterocycles. The highest BCUT2D eigenvalue weighted by molar-refractivity contribution is 7.99. The van der Waals surface area contributed by atoms with E-state index in [-0.39, 0.29) is 5.91 Å². The molecule has 3 rings (SSSR count). The molecule has 2 aromatic rings. The van der Waals surface area contributed by atoms with E-state index < -0.39 is 0 Å². The van der Waals surface area contributed by atoms with Crippen LogP contribution in [-0.4, -0.2) is 26.4 Å². The van der Waals surface area contributed by atoms with Crippen molar-refractivity contribution in [3.63, 3.8) is 0 Å². The van der Waals surface area contributed by atoms with Crippen LogP contribution in [0, 0.1) is 6.92 Å². The zero-order valence-corrected chi connectivity index (χ0v) is 13.0. The van der Waals surface area contributed by atoms with Gasteiger partial charge in [-0.25, -0.2) is 0 Å². The number of hydrogen-bond acceptors (Lipinski definition) is 4. The maximum absolute atomic E-state index is 12.0. The normalized spacial score (nSPS) is 13.2. The summed E-state index contributed by atoms with van der Waals surface area (Å²) in [5.74, 6) is 1.17. The minimum atomic E-state index is -0.0152. The molecule has 1 heterocycles. The van der Waals surface area contributed by atoms with Crippen LogP contribution in [0.1, 0.15) is 23.4 Å². The highest BCUT2D eigenvalue weighted by Gasteiger charge is 2.13. The summed E-state index contributed by atoms with van der Waals surface area (Å²) in [4.78, 5) is 12.0. The van der Waals surface area contributed by atoms with E-state index >= 15 is 0 Å². The number of nitrogens with zero attached hydrogens (tertiary/aromatic N) is 3. The van der Waals surface area contributed by atoms with E-state index in [0.717, 1.165) is 29.5 Å². The first-order valence-electron chi connectivity index (χ1n) is 7.04. The molecule has 6 heteroatoms. The smallest absolute Gasteiger partial charge is 0.234 e. The van der Waals surface area contributed by atoms with Crippen LogP contribution in [0.4, 0.5) is 5.69 Å². The monoisotopic (exact) mass is 302 g/mol. The van der Waals surface area contributed by atoms with Crippen LogP contribution in [-0.2, 0) is 24.7 Å². The Hall–Kier alpha value is -1.82. The van der Waals surface area contributed by atoms with Crippen molar-refractivity contribution in [2.75, 3.05) is 11.1 Å². The predicted octanol–water partition coefficient (Wildman–Crippen LogP) is 2.34. The molecule has 0 spiro atoms. The minimum absolute atomic E-state index is 0.0152. The number of carbonyl (C=O) groups excluding carboxylic acids is 1. The Labute approximate surface area is 128 Å². The van der Waals surface area contributed by atoms with E-state index in [2.05, 4.69) is 27.6 Å². The summed E-state index contributed by atoms with van der Waals surface area (Å²) in [6.45, 7) is 1.89. The van der Waals surface area contributed by atoms with Crippen LogP contribution < -0.4 is 5.32 Å². The molecule has 21 heavy (non-hydrogen) atoms. The third-order valence-corrected chi connectivity index (χ3v) is 4.79. The summed E-state index contributed by atoms with van der Waals surface area (Å²) < 4.78 is 1.88. The van der Waals surface area contributed by atoms with Crippen molar-refractivity contribution in [3.8, 4) is 0 Å². The molecule has 1 aliphatic carbocycles. The molecule has 0 atom stereocenters. The van der Waals surface area contributed by atoms with Gasteiger partial charge in [-0.1, -0.05) is 17.8 Å². The van der Waals surface area contributed by atoms with Crippen molar-refractivity contribution in [2.45, 2.75) is 31.3 Å². The Morgan fingerprint density at radius 1 is 1.33 bits per heavy atom. The lowest BCUT2D eigenvalue weighted by molar-refractivity contribution is -0.113. The second-order valence-corrected chi connectivity index (χ2v) is 6.21. The fourth-order valence-corrected chi connectivity index (χ4v) is 3.25. The molecule has 1 aromatic carbocycles. The van der Waals surface area contributed by atoms with Gasteiger partial charge in [0.1, 0.15) is 5.82 Å². The fraction of sp³-hybridized carbons (Fsp3) is 0.400. The Morgan fingerprint density at radius 3 is 2.90 bits per heavy atom. The quantitative estimate of drug-likeness (QED) is 0.881. The van der Waals surface area contributed by atoms with Crippen molar-refractivity contribution in [1.82, 2.24) is 14.8 Å². The number of aryl methyl sites for hydroxylation is 3. The van der Waals surface area contributed by atoms with Crippen LogP contribution in [0.2, 0.25) is 0 Å². The van der Waals surface area contributed by atoms with Crippen LogP contribution in [0.5, 0.6) is 0 Å². The Bertz CT molecular complexity index is 680. The molecule has 0 radical (unpaired) electrons. The third kappa shape index (κ3) is 3.10. The number of anilines is 1. The molecule has 1 amide bonds. The standard InChI is InChI=1S/C15H18N4OS/c1-10-17-18-15(19(10)2)21-9-14(20)16-13-7-6-11-4-3-5-12(11)8-13/h6-8H,3-5,9H2,1-2H3,(H,16,20). The number of nitrogens with one attached hydrogen (secondary N) is 1. The molecule has 0 saturated heterocycles. The minimum Gasteiger partial charge on any atom is -0.325 e. The molecule has 0 fully saturated rings. The van der Waals surface area contributed by atoms with E-state index in [9.17, 15) is 4.79 Å². The maximum atomic E-state index is 12.0. The second kappa shape index (κ2) is 5.89. The average Bonchev–Trinajstić information content (AvgIpc) is 3.05. The SMILES string of the molecule is Cc1nnc(SCC(=O)Nc2ccc3c(c2)CCC3)n1C. The van der Waals surface area contributed by atoms with Gasteiger partial charge in [-0.15, -0.1) is 10.2 Å². The zero-order chi connectivity index (χ0) is 14.8. The van der Waals surface area contributed by atoms with Gasteiger partial charge in [0.05, 0.1) is 5.75 Å². The number of aromatic nitrogens is 3. The topological polar surface area (TPSA) is 59.8 Å². The molecule has 1 aliphatic rings. The lowest BCUT2D eigenvalue weighted by atomic mass is 10.1. The highest BCUT2D eigenvalue weighted by atomic mass is 32.2. The van der Waals surface area contributed by atoms with Gasteiger partial charge in [0.15, 0.2) is 5.16 Å². The van der Waals surface area contributed by atoms with Gasteiger partial charge in [0, 0.05) is 12.7 Å². The molecule has 110 valence electrons. The molecule has 0 bridgehead atoms. The predicted molar refractivity (Wildman–Crippen MR) is 83.6 cm³/mol. The van der Waals surface area contributed by atoms with E-state index in [0.29, 0.717) is 5.75 Å². The van der Waals surface area contributed by atoms with E-state index in [1.54, 1.807) is 0 Å². The summed E-state index contributed by atoms with van der Waals surface area (Å²) in [6, 6.07) is 6.20. The molecule has 1 N–H and O–H groups in total. The van der Waals surface area contributed by atoms with Crippen molar-refractivity contribution >= 4 is 23.4 Å². The number of amides is 1. The van der Waals surface area contributed by atoms with E-state index in [1.165, 1.54) is 29.3 Å². The number of fused-ring (bicyclic) bond motifs is 1. The summed E-state index contributed by atoms with van der Waals surface area (Å²) in [6.07, 6.45) is 3.49. The first kappa shape index (κ1) is 14.1. The van der Waals surface area contributed by atoms with Crippen LogP contribution >= 0.6 is 11.8 Å². The third-order valence-electron chi connectivity index (χ3n) is 3.77. The molecule has 5 nitrogen and oxygen atoms in total. The summed E-state index contributed by atoms with van der Waals surface area (Å²) in [5, 5.41) is 11.7. The van der Waals surface area contributed by atoms with Crippen LogP contribution in [0.25, 0.3) is 0 Å². The lowest BCUT2D eigenvalue weighted by Crippen LogP contribution is -2.14. The maximum Gasteiger partial charge on any atom is 0.234 e. The van der Waals surface area contributed by atoms with Crippen molar-refractivity contribution < 1.29 is 4.79 Å². The Morgan fingerprint density at radius 2 is 2.14 bits per heavy atom. The number of thioether (sulfide) groups is 1. The lowest BCUT2D eigenvalue weighted by Gasteiger charge is -2.07. The van der Waals surface area contributed by atoms with Gasteiger partial charge >= 0.3 is 0 Å². The van der Waals surface area contributed by atoms with Crippen LogP contribution in [0.3, 0.4) is 0 Å². The molecular weight excluding hydrogens is 284 g/mol. The van der Waals surface area contributed by atoms with Crippen molar-refractivity contribution in [2.24, 2.45) is 7.05 Å². The van der Waals surface area contributed by atoms with E-state index in [4.69, 9.17) is 0 Å². The molecule has 0 saturated carbocycles. The number of benzene rings is 1. The fourth-order valence-electron chi connectivity index (χ4n) is 2.49. The largest absolute Gasteiger partial charge is 0.325 e. The van der Waals surface area contributed by atoms with Crippen LogP contribution in [0.15, 0.2) is 23.4 Å². The summed E-state index contributed by atoms with van der Waals surface area (Å²) >= 11 is 1.40. The number of hydrogen-bond donors (Lipinski definition) is 1. The first-order valence-corrected chi connectivity index (χ1v) is 8.02. The first-order chi connectivity index (χ1) is 10.1. The molecular formula is C15H18N4OS. The number of carbonyl (C=O) groups is 1. The summed E-state index contributed by atoms with van der Waals surface area (Å²) in [5.41, 5.74) is 3.66. The average molecular weight is 302 g/mol. The van der Waals surface area contributed by atoms with Gasteiger partial charge in [0.25, 0.3) is 0 Å². The molecule has 0 unspecified atom stereocenters. The Balaban J connectivity index is 1.58. The number of rotatable bonds is 4. The highest BCUT2D eigenvalue weighted by Crippen LogP contribution is 2.25. The van der Waals surface area contributed by atoms with Crippen molar-refractivity contribution in [3.05, 3.63) is 35.2 Å². The van der Waals surface area contributed by atoms with Gasteiger partial charge in [0.2, 0.25) is 5.91 Å². The van der Waals surface area contributed by atoms with Crippen molar-refractivity contribution in [1.29, 1.82) is 0 Å². The van der Waals surface area contributed by atoms with E-state index in [1.807, 2.05) is 24.6 Å². The second-order valence-electron chi connectivity index (χ2n) is 5.26. The van der Waals surface area contributed by atoms with Gasteiger partial charge in [-0.05, 0) is 49.4 Å². The van der Waals surface area contributed by atoms with Gasteiger partial charge in [-0.2, -0.15) is 0 Å². The molecule has 0 aliphatic heterocycles. The zero-order valence-electron chi connectivity index (χ0n) is 12.2.